The second-order valence-corrected chi connectivity index (χ2v) is 5.38. The summed E-state index contributed by atoms with van der Waals surface area (Å²) < 4.78 is 1.64. The first-order valence-corrected chi connectivity index (χ1v) is 7.77. The van der Waals surface area contributed by atoms with E-state index in [2.05, 4.69) is 20.4 Å². The molecule has 0 unspecified atom stereocenters. The predicted molar refractivity (Wildman–Crippen MR) is 96.4 cm³/mol. The fourth-order valence-corrected chi connectivity index (χ4v) is 2.28. The number of amides is 1. The lowest BCUT2D eigenvalue weighted by Crippen LogP contribution is -2.17. The van der Waals surface area contributed by atoms with Crippen LogP contribution >= 0.6 is 0 Å². The van der Waals surface area contributed by atoms with E-state index in [0.29, 0.717) is 5.82 Å². The number of anilines is 1. The van der Waals surface area contributed by atoms with Crippen molar-refractivity contribution in [2.24, 2.45) is 7.05 Å². The summed E-state index contributed by atoms with van der Waals surface area (Å²) in [6, 6.07) is 9.42. The molecule has 0 aromatic carbocycles. The van der Waals surface area contributed by atoms with Gasteiger partial charge in [0, 0.05) is 37.3 Å². The summed E-state index contributed by atoms with van der Waals surface area (Å²) in [6.45, 7) is 1.69. The minimum atomic E-state index is -0.250. The van der Waals surface area contributed by atoms with Gasteiger partial charge in [0.05, 0.1) is 17.8 Å². The molecular weight excluding hydrogens is 334 g/mol. The minimum absolute atomic E-state index is 0.118. The molecule has 0 atom stereocenters. The summed E-state index contributed by atoms with van der Waals surface area (Å²) in [5.41, 5.74) is 3.46. The van der Waals surface area contributed by atoms with Gasteiger partial charge >= 0.3 is 0 Å². The van der Waals surface area contributed by atoms with E-state index in [4.69, 9.17) is 9.90 Å². The Balaban J connectivity index is 0.000000758. The Morgan fingerprint density at radius 2 is 2.04 bits per heavy atom. The number of nitrogens with zero attached hydrogens (tertiary/aromatic N) is 4. The minimum Gasteiger partial charge on any atom is -0.483 e. The first kappa shape index (κ1) is 18.8. The van der Waals surface area contributed by atoms with Crippen molar-refractivity contribution in [2.45, 2.75) is 13.3 Å². The van der Waals surface area contributed by atoms with Crippen LogP contribution in [0.5, 0.6) is 0 Å². The van der Waals surface area contributed by atoms with Crippen molar-refractivity contribution in [3.8, 4) is 11.3 Å². The van der Waals surface area contributed by atoms with Gasteiger partial charge in [-0.25, -0.2) is 0 Å². The van der Waals surface area contributed by atoms with Crippen LogP contribution in [0.4, 0.5) is 5.82 Å². The molecule has 0 aliphatic carbocycles. The number of aromatic nitrogens is 4. The lowest BCUT2D eigenvalue weighted by molar-refractivity contribution is -0.123. The summed E-state index contributed by atoms with van der Waals surface area (Å²) in [6.07, 6.45) is 5.38. The van der Waals surface area contributed by atoms with Crippen LogP contribution in [-0.2, 0) is 23.1 Å². The molecule has 0 radical (unpaired) electrons. The zero-order valence-corrected chi connectivity index (χ0v) is 14.5. The van der Waals surface area contributed by atoms with Gasteiger partial charge < -0.3 is 10.4 Å². The third-order valence-electron chi connectivity index (χ3n) is 3.55. The van der Waals surface area contributed by atoms with Crippen molar-refractivity contribution in [2.75, 3.05) is 5.32 Å². The predicted octanol–water partition coefficient (Wildman–Crippen LogP) is 2.07. The number of carbonyl (C=O) groups is 2. The largest absolute Gasteiger partial charge is 0.483 e. The fraction of sp³-hybridized carbons (Fsp3) is 0.167. The molecule has 3 heterocycles. The summed E-state index contributed by atoms with van der Waals surface area (Å²) in [5, 5.41) is 14.2. The van der Waals surface area contributed by atoms with Crippen LogP contribution in [0, 0.1) is 6.92 Å². The molecular formula is C18H19N5O3. The van der Waals surface area contributed by atoms with E-state index in [1.165, 1.54) is 0 Å². The number of rotatable bonds is 4. The van der Waals surface area contributed by atoms with Crippen molar-refractivity contribution in [3.05, 3.63) is 60.2 Å². The maximum atomic E-state index is 12.2. The summed E-state index contributed by atoms with van der Waals surface area (Å²) in [4.78, 5) is 28.9. The summed E-state index contributed by atoms with van der Waals surface area (Å²) in [7, 11) is 1.79. The second-order valence-electron chi connectivity index (χ2n) is 5.38. The molecule has 0 saturated heterocycles. The van der Waals surface area contributed by atoms with Crippen LogP contribution in [-0.4, -0.2) is 37.2 Å². The van der Waals surface area contributed by atoms with Crippen molar-refractivity contribution >= 4 is 18.2 Å². The molecule has 0 aliphatic heterocycles. The molecule has 0 saturated carbocycles. The monoisotopic (exact) mass is 353 g/mol. The first-order valence-electron chi connectivity index (χ1n) is 7.77. The van der Waals surface area contributed by atoms with Crippen LogP contribution in [0.2, 0.25) is 0 Å². The van der Waals surface area contributed by atoms with E-state index in [9.17, 15) is 4.79 Å². The maximum absolute atomic E-state index is 12.2. The number of hydrogen-bond acceptors (Lipinski definition) is 5. The average Bonchev–Trinajstić information content (AvgIpc) is 2.99. The molecule has 0 spiro atoms. The Hall–Kier alpha value is -3.55. The highest BCUT2D eigenvalue weighted by atomic mass is 16.3. The van der Waals surface area contributed by atoms with Crippen LogP contribution in [0.15, 0.2) is 48.9 Å². The molecule has 0 bridgehead atoms. The molecule has 2 N–H and O–H groups in total. The number of aryl methyl sites for hydroxylation is 2. The van der Waals surface area contributed by atoms with E-state index in [1.807, 2.05) is 37.3 Å². The molecule has 134 valence electrons. The topological polar surface area (TPSA) is 110 Å². The van der Waals surface area contributed by atoms with Crippen LogP contribution in [0.1, 0.15) is 11.3 Å². The maximum Gasteiger partial charge on any atom is 0.290 e. The summed E-state index contributed by atoms with van der Waals surface area (Å²) >= 11 is 0. The Kier molecular flexibility index (Phi) is 6.55. The lowest BCUT2D eigenvalue weighted by atomic mass is 10.1. The average molecular weight is 353 g/mol. The third kappa shape index (κ3) is 4.97. The molecule has 3 rings (SSSR count). The van der Waals surface area contributed by atoms with E-state index in [1.54, 1.807) is 30.3 Å². The Bertz CT molecular complexity index is 878. The number of hydrogen-bond donors (Lipinski definition) is 2. The van der Waals surface area contributed by atoms with Gasteiger partial charge in [-0.2, -0.15) is 5.10 Å². The third-order valence-corrected chi connectivity index (χ3v) is 3.55. The van der Waals surface area contributed by atoms with Gasteiger partial charge in [-0.15, -0.1) is 0 Å². The van der Waals surface area contributed by atoms with Crippen LogP contribution in [0.25, 0.3) is 11.3 Å². The summed E-state index contributed by atoms with van der Waals surface area (Å²) in [5.74, 6) is 0.523. The Morgan fingerprint density at radius 3 is 2.69 bits per heavy atom. The first-order chi connectivity index (χ1) is 12.5. The van der Waals surface area contributed by atoms with Crippen molar-refractivity contribution in [1.82, 2.24) is 19.7 Å². The van der Waals surface area contributed by atoms with E-state index in [-0.39, 0.29) is 18.8 Å². The Labute approximate surface area is 150 Å². The highest BCUT2D eigenvalue weighted by Crippen LogP contribution is 2.20. The van der Waals surface area contributed by atoms with E-state index < -0.39 is 0 Å². The van der Waals surface area contributed by atoms with Crippen molar-refractivity contribution in [3.63, 3.8) is 0 Å². The van der Waals surface area contributed by atoms with Gasteiger partial charge in [-0.05, 0) is 30.7 Å². The number of nitrogens with one attached hydrogen (secondary N) is 1. The molecule has 8 nitrogen and oxygen atoms in total. The van der Waals surface area contributed by atoms with Gasteiger partial charge in [0.2, 0.25) is 5.91 Å². The van der Waals surface area contributed by atoms with Gasteiger partial charge in [0.1, 0.15) is 5.82 Å². The standard InChI is InChI=1S/C17H17N5O.CH2O2/c1-12-5-3-8-19-14(12)10-17(23)20-16-9-15(21-22(16)2)13-6-4-7-18-11-13;2-1-3/h3-9,11H,10H2,1-2H3,(H,20,23);1H,(H,2,3). The Morgan fingerprint density at radius 1 is 1.31 bits per heavy atom. The molecule has 0 aliphatic rings. The molecule has 26 heavy (non-hydrogen) atoms. The van der Waals surface area contributed by atoms with Gasteiger partial charge in [-0.1, -0.05) is 6.07 Å². The normalized spacial score (nSPS) is 9.77. The van der Waals surface area contributed by atoms with E-state index in [0.717, 1.165) is 22.5 Å². The number of carboxylic acid groups (broad SMARTS) is 1. The highest BCUT2D eigenvalue weighted by Gasteiger charge is 2.12. The van der Waals surface area contributed by atoms with Crippen molar-refractivity contribution < 1.29 is 14.7 Å². The molecule has 8 heteroatoms. The molecule has 3 aromatic heterocycles. The van der Waals surface area contributed by atoms with E-state index >= 15 is 0 Å². The SMILES string of the molecule is Cc1cccnc1CC(=O)Nc1cc(-c2cccnc2)nn1C.O=CO. The van der Waals surface area contributed by atoms with Crippen molar-refractivity contribution in [1.29, 1.82) is 0 Å². The highest BCUT2D eigenvalue weighted by molar-refractivity contribution is 5.92. The van der Waals surface area contributed by atoms with Gasteiger partial charge in [0.15, 0.2) is 0 Å². The van der Waals surface area contributed by atoms with Gasteiger partial charge in [0.25, 0.3) is 6.47 Å². The fourth-order valence-electron chi connectivity index (χ4n) is 2.28. The molecule has 0 fully saturated rings. The second kappa shape index (κ2) is 9.07. The zero-order chi connectivity index (χ0) is 18.9. The van der Waals surface area contributed by atoms with Gasteiger partial charge in [-0.3, -0.25) is 24.2 Å². The molecule has 3 aromatic rings. The quantitative estimate of drug-likeness (QED) is 0.695. The lowest BCUT2D eigenvalue weighted by Gasteiger charge is -2.06. The number of carbonyl (C=O) groups excluding carboxylic acids is 1. The molecule has 1 amide bonds. The smallest absolute Gasteiger partial charge is 0.290 e. The van der Waals surface area contributed by atoms with Crippen LogP contribution in [0.3, 0.4) is 0 Å². The van der Waals surface area contributed by atoms with Crippen LogP contribution < -0.4 is 5.32 Å². The number of pyridine rings is 2. The zero-order valence-electron chi connectivity index (χ0n) is 14.5.